The lowest BCUT2D eigenvalue weighted by Gasteiger charge is -2.13. The van der Waals surface area contributed by atoms with Crippen LogP contribution in [0.25, 0.3) is 0 Å². The van der Waals surface area contributed by atoms with Gasteiger partial charge in [0.25, 0.3) is 0 Å². The lowest BCUT2D eigenvalue weighted by molar-refractivity contribution is 0.271. The number of aromatic nitrogens is 3. The maximum Gasteiger partial charge on any atom is 0.180 e. The van der Waals surface area contributed by atoms with Gasteiger partial charge in [0.05, 0.1) is 12.1 Å². The highest BCUT2D eigenvalue weighted by Crippen LogP contribution is 2.36. The molecule has 1 heterocycles. The number of aryl methyl sites for hydroxylation is 1. The van der Waals surface area contributed by atoms with Gasteiger partial charge in [0.2, 0.25) is 0 Å². The SMILES string of the molecule is COc1cc(CCN)cc(Cl)c1OCc1ncnn1C. The molecule has 2 rings (SSSR count). The first-order chi connectivity index (χ1) is 9.65. The van der Waals surface area contributed by atoms with Crippen molar-refractivity contribution in [3.05, 3.63) is 34.9 Å². The number of hydrogen-bond acceptors (Lipinski definition) is 5. The van der Waals surface area contributed by atoms with Crippen molar-refractivity contribution in [2.24, 2.45) is 12.8 Å². The van der Waals surface area contributed by atoms with Crippen molar-refractivity contribution in [3.8, 4) is 11.5 Å². The molecule has 7 heteroatoms. The molecule has 0 aliphatic carbocycles. The minimum atomic E-state index is 0.267. The Hall–Kier alpha value is -1.79. The van der Waals surface area contributed by atoms with Crippen LogP contribution in [-0.4, -0.2) is 28.4 Å². The number of benzene rings is 1. The van der Waals surface area contributed by atoms with Crippen LogP contribution in [0.1, 0.15) is 11.4 Å². The van der Waals surface area contributed by atoms with Gasteiger partial charge in [-0.05, 0) is 30.7 Å². The summed E-state index contributed by atoms with van der Waals surface area (Å²) in [6.45, 7) is 0.821. The fourth-order valence-electron chi connectivity index (χ4n) is 1.81. The number of methoxy groups -OCH3 is 1. The fourth-order valence-corrected chi connectivity index (χ4v) is 2.10. The summed E-state index contributed by atoms with van der Waals surface area (Å²) in [7, 11) is 3.38. The van der Waals surface area contributed by atoms with E-state index in [1.54, 1.807) is 18.8 Å². The molecule has 0 saturated carbocycles. The Bertz CT molecular complexity index is 586. The van der Waals surface area contributed by atoms with E-state index < -0.39 is 0 Å². The second kappa shape index (κ2) is 6.58. The molecule has 0 aliphatic rings. The predicted octanol–water partition coefficient (Wildman–Crippen LogP) is 1.56. The first kappa shape index (κ1) is 14.6. The van der Waals surface area contributed by atoms with Gasteiger partial charge in [0.1, 0.15) is 12.9 Å². The molecule has 2 N–H and O–H groups in total. The van der Waals surface area contributed by atoms with E-state index in [9.17, 15) is 0 Å². The van der Waals surface area contributed by atoms with Crippen LogP contribution in [0.4, 0.5) is 0 Å². The summed E-state index contributed by atoms with van der Waals surface area (Å²) in [5.41, 5.74) is 6.56. The van der Waals surface area contributed by atoms with Crippen molar-refractivity contribution in [3.63, 3.8) is 0 Å². The standard InChI is InChI=1S/C13H17ClN4O2/c1-18-12(16-8-17-18)7-20-13-10(14)5-9(3-4-15)6-11(13)19-2/h5-6,8H,3-4,7,15H2,1-2H3. The van der Waals surface area contributed by atoms with Crippen LogP contribution in [0.15, 0.2) is 18.5 Å². The lowest BCUT2D eigenvalue weighted by Crippen LogP contribution is -2.06. The molecule has 2 aromatic rings. The van der Waals surface area contributed by atoms with E-state index in [2.05, 4.69) is 10.1 Å². The van der Waals surface area contributed by atoms with Crippen molar-refractivity contribution < 1.29 is 9.47 Å². The molecule has 0 spiro atoms. The molecule has 0 aliphatic heterocycles. The Morgan fingerprint density at radius 3 is 2.80 bits per heavy atom. The molecule has 0 saturated heterocycles. The first-order valence-electron chi connectivity index (χ1n) is 6.18. The smallest absolute Gasteiger partial charge is 0.180 e. The lowest BCUT2D eigenvalue weighted by atomic mass is 10.1. The highest BCUT2D eigenvalue weighted by Gasteiger charge is 2.13. The van der Waals surface area contributed by atoms with E-state index >= 15 is 0 Å². The summed E-state index contributed by atoms with van der Waals surface area (Å²) in [6, 6.07) is 3.72. The number of rotatable bonds is 6. The van der Waals surface area contributed by atoms with Gasteiger partial charge in [0, 0.05) is 7.05 Å². The van der Waals surface area contributed by atoms with Crippen molar-refractivity contribution in [1.29, 1.82) is 0 Å². The summed E-state index contributed by atoms with van der Waals surface area (Å²) in [5, 5.41) is 4.48. The summed E-state index contributed by atoms with van der Waals surface area (Å²) in [6.07, 6.45) is 2.21. The number of halogens is 1. The minimum absolute atomic E-state index is 0.267. The van der Waals surface area contributed by atoms with Crippen molar-refractivity contribution in [1.82, 2.24) is 14.8 Å². The third-order valence-electron chi connectivity index (χ3n) is 2.87. The maximum absolute atomic E-state index is 6.24. The van der Waals surface area contributed by atoms with Crippen LogP contribution < -0.4 is 15.2 Å². The van der Waals surface area contributed by atoms with E-state index in [1.165, 1.54) is 6.33 Å². The molecule has 0 fully saturated rings. The largest absolute Gasteiger partial charge is 0.493 e. The highest BCUT2D eigenvalue weighted by atomic mass is 35.5. The summed E-state index contributed by atoms with van der Waals surface area (Å²) in [4.78, 5) is 4.09. The van der Waals surface area contributed by atoms with Gasteiger partial charge < -0.3 is 15.2 Å². The zero-order valence-corrected chi connectivity index (χ0v) is 12.2. The minimum Gasteiger partial charge on any atom is -0.493 e. The van der Waals surface area contributed by atoms with Crippen LogP contribution in [-0.2, 0) is 20.1 Å². The molecule has 108 valence electrons. The topological polar surface area (TPSA) is 75.2 Å². The Kier molecular flexibility index (Phi) is 4.81. The third kappa shape index (κ3) is 3.20. The zero-order chi connectivity index (χ0) is 14.5. The molecular formula is C13H17ClN4O2. The van der Waals surface area contributed by atoms with Crippen molar-refractivity contribution >= 4 is 11.6 Å². The molecule has 6 nitrogen and oxygen atoms in total. The van der Waals surface area contributed by atoms with Gasteiger partial charge in [-0.2, -0.15) is 5.10 Å². The second-order valence-electron chi connectivity index (χ2n) is 4.24. The summed E-state index contributed by atoms with van der Waals surface area (Å²) < 4.78 is 12.7. The van der Waals surface area contributed by atoms with Crippen molar-refractivity contribution in [2.45, 2.75) is 13.0 Å². The average molecular weight is 297 g/mol. The van der Waals surface area contributed by atoms with E-state index in [0.717, 1.165) is 12.0 Å². The molecule has 0 bridgehead atoms. The van der Waals surface area contributed by atoms with Crippen LogP contribution in [0, 0.1) is 0 Å². The molecule has 0 atom stereocenters. The summed E-state index contributed by atoms with van der Waals surface area (Å²) in [5.74, 6) is 1.79. The van der Waals surface area contributed by atoms with Gasteiger partial charge in [0.15, 0.2) is 17.3 Å². The Morgan fingerprint density at radius 2 is 2.20 bits per heavy atom. The molecule has 0 unspecified atom stereocenters. The van der Waals surface area contributed by atoms with Crippen LogP contribution >= 0.6 is 11.6 Å². The molecule has 20 heavy (non-hydrogen) atoms. The molecule has 0 amide bonds. The van der Waals surface area contributed by atoms with Crippen LogP contribution in [0.5, 0.6) is 11.5 Å². The zero-order valence-electron chi connectivity index (χ0n) is 11.5. The maximum atomic E-state index is 6.24. The van der Waals surface area contributed by atoms with E-state index in [1.807, 2.05) is 12.1 Å². The van der Waals surface area contributed by atoms with E-state index in [4.69, 9.17) is 26.8 Å². The number of hydrogen-bond donors (Lipinski definition) is 1. The average Bonchev–Trinajstić information content (AvgIpc) is 2.83. The number of nitrogens with zero attached hydrogens (tertiary/aromatic N) is 3. The summed E-state index contributed by atoms with van der Waals surface area (Å²) >= 11 is 6.24. The van der Waals surface area contributed by atoms with Gasteiger partial charge in [-0.15, -0.1) is 0 Å². The van der Waals surface area contributed by atoms with E-state index in [-0.39, 0.29) is 6.61 Å². The third-order valence-corrected chi connectivity index (χ3v) is 3.15. The quantitative estimate of drug-likeness (QED) is 0.875. The van der Waals surface area contributed by atoms with Gasteiger partial charge in [-0.3, -0.25) is 4.68 Å². The van der Waals surface area contributed by atoms with Crippen molar-refractivity contribution in [2.75, 3.05) is 13.7 Å². The fraction of sp³-hybridized carbons (Fsp3) is 0.385. The second-order valence-corrected chi connectivity index (χ2v) is 4.64. The van der Waals surface area contributed by atoms with Crippen LogP contribution in [0.3, 0.4) is 0 Å². The van der Waals surface area contributed by atoms with E-state index in [0.29, 0.717) is 28.9 Å². The predicted molar refractivity (Wildman–Crippen MR) is 76.1 cm³/mol. The molecule has 1 aromatic carbocycles. The van der Waals surface area contributed by atoms with Gasteiger partial charge in [-0.25, -0.2) is 4.98 Å². The van der Waals surface area contributed by atoms with Crippen LogP contribution in [0.2, 0.25) is 5.02 Å². The first-order valence-corrected chi connectivity index (χ1v) is 6.55. The van der Waals surface area contributed by atoms with Gasteiger partial charge >= 0.3 is 0 Å². The highest BCUT2D eigenvalue weighted by molar-refractivity contribution is 6.32. The molecule has 0 radical (unpaired) electrons. The molecule has 1 aromatic heterocycles. The Balaban J connectivity index is 2.20. The number of nitrogens with two attached hydrogens (primary N) is 1. The molecular weight excluding hydrogens is 280 g/mol. The number of ether oxygens (including phenoxy) is 2. The van der Waals surface area contributed by atoms with Gasteiger partial charge in [-0.1, -0.05) is 11.6 Å². The monoisotopic (exact) mass is 296 g/mol. The normalized spacial score (nSPS) is 10.6. The Labute approximate surface area is 122 Å². The Morgan fingerprint density at radius 1 is 1.40 bits per heavy atom.